The van der Waals surface area contributed by atoms with Crippen LogP contribution in [0, 0.1) is 16.0 Å². The van der Waals surface area contributed by atoms with Gasteiger partial charge in [0.2, 0.25) is 0 Å². The highest BCUT2D eigenvalue weighted by Crippen LogP contribution is 2.39. The normalized spacial score (nSPS) is 18.5. The highest BCUT2D eigenvalue weighted by atomic mass is 16.6. The van der Waals surface area contributed by atoms with Crippen LogP contribution in [0.2, 0.25) is 0 Å². The average molecular weight is 181 g/mol. The molecule has 1 saturated carbocycles. The third-order valence-electron chi connectivity index (χ3n) is 2.39. The zero-order chi connectivity index (χ0) is 9.42. The number of nitrogens with two attached hydrogens (primary N) is 1. The fourth-order valence-electron chi connectivity index (χ4n) is 1.41. The van der Waals surface area contributed by atoms with Crippen LogP contribution < -0.4 is 5.73 Å². The van der Waals surface area contributed by atoms with Crippen molar-refractivity contribution in [2.24, 2.45) is 11.7 Å². The van der Waals surface area contributed by atoms with Crippen molar-refractivity contribution in [2.75, 3.05) is 0 Å². The van der Waals surface area contributed by atoms with E-state index in [0.29, 0.717) is 5.92 Å². The van der Waals surface area contributed by atoms with Crippen molar-refractivity contribution in [3.8, 4) is 0 Å². The molecule has 1 aromatic rings. The van der Waals surface area contributed by atoms with Crippen LogP contribution in [0.25, 0.3) is 0 Å². The van der Waals surface area contributed by atoms with Crippen LogP contribution >= 0.6 is 0 Å². The highest BCUT2D eigenvalue weighted by molar-refractivity contribution is 5.31. The Labute approximate surface area is 75.1 Å². The number of aromatic amines is 1. The van der Waals surface area contributed by atoms with Gasteiger partial charge in [0.1, 0.15) is 0 Å². The van der Waals surface area contributed by atoms with Crippen LogP contribution in [0.1, 0.15) is 24.6 Å². The first-order valence-electron chi connectivity index (χ1n) is 4.27. The summed E-state index contributed by atoms with van der Waals surface area (Å²) in [5.74, 6) is 0.512. The molecule has 0 aromatic carbocycles. The van der Waals surface area contributed by atoms with Crippen LogP contribution in [0.3, 0.4) is 0 Å². The topological polar surface area (TPSA) is 84.9 Å². The first-order chi connectivity index (χ1) is 6.18. The van der Waals surface area contributed by atoms with Crippen molar-refractivity contribution in [1.29, 1.82) is 0 Å². The first-order valence-corrected chi connectivity index (χ1v) is 4.27. The second-order valence-electron chi connectivity index (χ2n) is 3.43. The van der Waals surface area contributed by atoms with E-state index in [1.165, 1.54) is 12.3 Å². The molecule has 0 amide bonds. The van der Waals surface area contributed by atoms with E-state index in [0.717, 1.165) is 18.5 Å². The number of nitrogens with one attached hydrogen (secondary N) is 1. The van der Waals surface area contributed by atoms with E-state index in [1.54, 1.807) is 0 Å². The van der Waals surface area contributed by atoms with Crippen molar-refractivity contribution >= 4 is 5.69 Å². The quantitative estimate of drug-likeness (QED) is 0.545. The van der Waals surface area contributed by atoms with Gasteiger partial charge in [0.25, 0.3) is 5.69 Å². The van der Waals surface area contributed by atoms with Crippen LogP contribution in [0.5, 0.6) is 0 Å². The third-order valence-corrected chi connectivity index (χ3v) is 2.39. The molecule has 0 aliphatic heterocycles. The van der Waals surface area contributed by atoms with Gasteiger partial charge in [0.05, 0.1) is 11.1 Å². The summed E-state index contributed by atoms with van der Waals surface area (Å²) < 4.78 is 0. The Kier molecular flexibility index (Phi) is 1.81. The molecular formula is C8H11N3O2. The zero-order valence-electron chi connectivity index (χ0n) is 7.06. The molecular weight excluding hydrogens is 170 g/mol. The average Bonchev–Trinajstić information content (AvgIpc) is 2.81. The predicted octanol–water partition coefficient (Wildman–Crippen LogP) is 1.33. The molecule has 2 rings (SSSR count). The summed E-state index contributed by atoms with van der Waals surface area (Å²) in [6, 6.07) is 1.46. The standard InChI is InChI=1S/C8H11N3O2/c9-8(5-1-2-5)7-3-6(4-10-7)11(12)13/h3-5,8,10H,1-2,9H2/t8-/m1/s1. The third kappa shape index (κ3) is 1.55. The Hall–Kier alpha value is -1.36. The van der Waals surface area contributed by atoms with Gasteiger partial charge >= 0.3 is 0 Å². The summed E-state index contributed by atoms with van der Waals surface area (Å²) in [7, 11) is 0. The molecule has 1 atom stereocenters. The second-order valence-corrected chi connectivity index (χ2v) is 3.43. The lowest BCUT2D eigenvalue weighted by molar-refractivity contribution is -0.384. The number of aromatic nitrogens is 1. The fourth-order valence-corrected chi connectivity index (χ4v) is 1.41. The van der Waals surface area contributed by atoms with Crippen molar-refractivity contribution < 1.29 is 4.92 Å². The highest BCUT2D eigenvalue weighted by Gasteiger charge is 2.31. The lowest BCUT2D eigenvalue weighted by Gasteiger charge is -2.05. The Balaban J connectivity index is 2.16. The maximum atomic E-state index is 10.4. The number of nitrogens with zero attached hydrogens (tertiary/aromatic N) is 1. The number of H-pyrrole nitrogens is 1. The SMILES string of the molecule is N[C@@H](c1cc([N+](=O)[O-])c[nH]1)C1CC1. The van der Waals surface area contributed by atoms with Gasteiger partial charge in [-0.15, -0.1) is 0 Å². The summed E-state index contributed by atoms with van der Waals surface area (Å²) in [5, 5.41) is 10.4. The summed E-state index contributed by atoms with van der Waals surface area (Å²) in [6.45, 7) is 0. The monoisotopic (exact) mass is 181 g/mol. The Bertz CT molecular complexity index is 330. The van der Waals surface area contributed by atoms with Crippen LogP contribution in [-0.2, 0) is 0 Å². The Morgan fingerprint density at radius 3 is 2.85 bits per heavy atom. The Morgan fingerprint density at radius 2 is 2.38 bits per heavy atom. The van der Waals surface area contributed by atoms with Gasteiger partial charge in [-0.25, -0.2) is 0 Å². The van der Waals surface area contributed by atoms with Crippen molar-refractivity contribution in [3.63, 3.8) is 0 Å². The molecule has 1 heterocycles. The summed E-state index contributed by atoms with van der Waals surface area (Å²) in [6.07, 6.45) is 3.65. The number of rotatable bonds is 3. The zero-order valence-corrected chi connectivity index (χ0v) is 7.06. The van der Waals surface area contributed by atoms with E-state index in [4.69, 9.17) is 5.73 Å². The van der Waals surface area contributed by atoms with E-state index >= 15 is 0 Å². The molecule has 0 saturated heterocycles. The van der Waals surface area contributed by atoms with E-state index in [9.17, 15) is 10.1 Å². The van der Waals surface area contributed by atoms with Crippen molar-refractivity contribution in [1.82, 2.24) is 4.98 Å². The number of hydrogen-bond donors (Lipinski definition) is 2. The fraction of sp³-hybridized carbons (Fsp3) is 0.500. The minimum atomic E-state index is -0.417. The molecule has 0 unspecified atom stereocenters. The number of hydrogen-bond acceptors (Lipinski definition) is 3. The first kappa shape index (κ1) is 8.25. The maximum Gasteiger partial charge on any atom is 0.287 e. The molecule has 5 nitrogen and oxygen atoms in total. The lowest BCUT2D eigenvalue weighted by atomic mass is 10.1. The second kappa shape index (κ2) is 2.85. The summed E-state index contributed by atoms with van der Waals surface area (Å²) in [4.78, 5) is 12.8. The smallest absolute Gasteiger partial charge is 0.287 e. The maximum absolute atomic E-state index is 10.4. The molecule has 1 fully saturated rings. The largest absolute Gasteiger partial charge is 0.358 e. The van der Waals surface area contributed by atoms with Gasteiger partial charge in [-0.1, -0.05) is 0 Å². The minimum Gasteiger partial charge on any atom is -0.358 e. The van der Waals surface area contributed by atoms with Gasteiger partial charge in [-0.3, -0.25) is 10.1 Å². The minimum absolute atomic E-state index is 0.0614. The summed E-state index contributed by atoms with van der Waals surface area (Å²) in [5.41, 5.74) is 6.72. The number of nitro groups is 1. The lowest BCUT2D eigenvalue weighted by Crippen LogP contribution is -2.12. The molecule has 1 aromatic heterocycles. The molecule has 1 aliphatic rings. The molecule has 0 bridgehead atoms. The van der Waals surface area contributed by atoms with Crippen LogP contribution in [0.4, 0.5) is 5.69 Å². The van der Waals surface area contributed by atoms with Gasteiger partial charge in [-0.05, 0) is 18.8 Å². The van der Waals surface area contributed by atoms with E-state index < -0.39 is 4.92 Å². The molecule has 70 valence electrons. The van der Waals surface area contributed by atoms with Crippen LogP contribution in [-0.4, -0.2) is 9.91 Å². The van der Waals surface area contributed by atoms with Gasteiger partial charge in [0, 0.05) is 17.8 Å². The van der Waals surface area contributed by atoms with E-state index in [2.05, 4.69) is 4.98 Å². The summed E-state index contributed by atoms with van der Waals surface area (Å²) >= 11 is 0. The van der Waals surface area contributed by atoms with Gasteiger partial charge in [-0.2, -0.15) is 0 Å². The van der Waals surface area contributed by atoms with E-state index in [-0.39, 0.29) is 11.7 Å². The van der Waals surface area contributed by atoms with Gasteiger partial charge in [0.15, 0.2) is 0 Å². The van der Waals surface area contributed by atoms with Crippen molar-refractivity contribution in [2.45, 2.75) is 18.9 Å². The molecule has 13 heavy (non-hydrogen) atoms. The van der Waals surface area contributed by atoms with Crippen LogP contribution in [0.15, 0.2) is 12.3 Å². The predicted molar refractivity (Wildman–Crippen MR) is 47.1 cm³/mol. The molecule has 1 aliphatic carbocycles. The molecule has 0 radical (unpaired) electrons. The molecule has 3 N–H and O–H groups in total. The molecule has 5 heteroatoms. The molecule has 0 spiro atoms. The van der Waals surface area contributed by atoms with Crippen molar-refractivity contribution in [3.05, 3.63) is 28.1 Å². The van der Waals surface area contributed by atoms with E-state index in [1.807, 2.05) is 0 Å². The van der Waals surface area contributed by atoms with Gasteiger partial charge < -0.3 is 10.7 Å². The Morgan fingerprint density at radius 1 is 1.69 bits per heavy atom.